The van der Waals surface area contributed by atoms with E-state index < -0.39 is 0 Å². The molecule has 144 valence electrons. The number of hydrogen-bond donors (Lipinski definition) is 2. The van der Waals surface area contributed by atoms with Crippen molar-refractivity contribution in [1.29, 1.82) is 0 Å². The van der Waals surface area contributed by atoms with Crippen LogP contribution in [0.3, 0.4) is 0 Å². The minimum atomic E-state index is -0.347. The van der Waals surface area contributed by atoms with Gasteiger partial charge in [-0.05, 0) is 36.8 Å². The Labute approximate surface area is 154 Å². The number of nitrogens with zero attached hydrogens (tertiary/aromatic N) is 2. The Morgan fingerprint density at radius 2 is 2.08 bits per heavy atom. The Hall–Kier alpha value is -2.28. The van der Waals surface area contributed by atoms with Gasteiger partial charge >= 0.3 is 0 Å². The van der Waals surface area contributed by atoms with E-state index in [9.17, 15) is 14.4 Å². The van der Waals surface area contributed by atoms with Crippen LogP contribution in [-0.2, 0) is 14.4 Å². The maximum atomic E-state index is 12.0. The third-order valence-corrected chi connectivity index (χ3v) is 4.61. The van der Waals surface area contributed by atoms with E-state index in [0.29, 0.717) is 25.2 Å². The minimum absolute atomic E-state index is 0.0958. The fraction of sp³-hybridized carbons (Fsp3) is 0.579. The molecule has 0 saturated carbocycles. The molecule has 0 spiro atoms. The number of hydrogen-bond acceptors (Lipinski definition) is 6. The van der Waals surface area contributed by atoms with Crippen LogP contribution in [0.4, 0.5) is 5.82 Å². The molecule has 0 bridgehead atoms. The summed E-state index contributed by atoms with van der Waals surface area (Å²) in [5.41, 5.74) is 0.830. The van der Waals surface area contributed by atoms with Crippen molar-refractivity contribution in [3.63, 3.8) is 0 Å². The number of aromatic nitrogens is 1. The third kappa shape index (κ3) is 6.22. The van der Waals surface area contributed by atoms with Gasteiger partial charge in [0.2, 0.25) is 5.91 Å². The fourth-order valence-corrected chi connectivity index (χ4v) is 3.23. The van der Waals surface area contributed by atoms with Crippen LogP contribution in [0.15, 0.2) is 18.3 Å². The lowest BCUT2D eigenvalue weighted by atomic mass is 9.95. The number of carbonyl (C=O) groups is 3. The number of likely N-dealkylation sites (N-methyl/N-ethyl adjacent to an activating group) is 1. The first-order valence-corrected chi connectivity index (χ1v) is 8.94. The molecule has 7 nitrogen and oxygen atoms in total. The van der Waals surface area contributed by atoms with Gasteiger partial charge < -0.3 is 24.9 Å². The molecule has 1 amide bonds. The highest BCUT2D eigenvalue weighted by atomic mass is 16.2. The van der Waals surface area contributed by atoms with Crippen LogP contribution in [0.25, 0.3) is 0 Å². The van der Waals surface area contributed by atoms with Gasteiger partial charge in [-0.15, -0.1) is 0 Å². The molecule has 2 N–H and O–H groups in total. The SMILES string of the molecule is CNC(=O)C(CCC=O)c1ccc(N2CCC(CCC=O)C2)nc1.CO. The van der Waals surface area contributed by atoms with E-state index in [1.54, 1.807) is 13.2 Å². The first kappa shape index (κ1) is 21.8. The topological polar surface area (TPSA) is 99.6 Å². The molecule has 2 heterocycles. The van der Waals surface area contributed by atoms with Crippen molar-refractivity contribution in [3.8, 4) is 0 Å². The maximum absolute atomic E-state index is 12.0. The van der Waals surface area contributed by atoms with Gasteiger partial charge in [0.05, 0.1) is 5.92 Å². The van der Waals surface area contributed by atoms with Crippen LogP contribution in [0, 0.1) is 5.92 Å². The van der Waals surface area contributed by atoms with Gasteiger partial charge in [-0.25, -0.2) is 4.98 Å². The number of nitrogens with one attached hydrogen (secondary N) is 1. The van der Waals surface area contributed by atoms with Crippen molar-refractivity contribution in [2.24, 2.45) is 5.92 Å². The van der Waals surface area contributed by atoms with Crippen molar-refractivity contribution in [2.45, 2.75) is 38.0 Å². The molecule has 0 aromatic carbocycles. The molecule has 2 rings (SSSR count). The number of carbonyl (C=O) groups excluding carboxylic acids is 3. The zero-order valence-corrected chi connectivity index (χ0v) is 15.6. The van der Waals surface area contributed by atoms with Crippen molar-refractivity contribution >= 4 is 24.3 Å². The predicted molar refractivity (Wildman–Crippen MR) is 100 cm³/mol. The number of amides is 1. The summed E-state index contributed by atoms with van der Waals surface area (Å²) in [4.78, 5) is 39.8. The Bertz CT molecular complexity index is 562. The highest BCUT2D eigenvalue weighted by molar-refractivity contribution is 5.83. The summed E-state index contributed by atoms with van der Waals surface area (Å²) in [6.45, 7) is 1.87. The Balaban J connectivity index is 0.00000163. The van der Waals surface area contributed by atoms with Gasteiger partial charge in [-0.1, -0.05) is 6.07 Å². The molecule has 2 atom stereocenters. The molecule has 1 aliphatic rings. The molecular formula is C19H29N3O4. The van der Waals surface area contributed by atoms with Crippen LogP contribution < -0.4 is 10.2 Å². The molecule has 1 aromatic rings. The molecule has 1 saturated heterocycles. The number of aliphatic hydroxyl groups excluding tert-OH is 1. The van der Waals surface area contributed by atoms with Gasteiger partial charge in [0.15, 0.2) is 0 Å². The van der Waals surface area contributed by atoms with Crippen LogP contribution >= 0.6 is 0 Å². The van der Waals surface area contributed by atoms with E-state index in [1.807, 2.05) is 12.1 Å². The lowest BCUT2D eigenvalue weighted by Gasteiger charge is -2.19. The van der Waals surface area contributed by atoms with Gasteiger partial charge in [0.1, 0.15) is 18.4 Å². The van der Waals surface area contributed by atoms with E-state index in [0.717, 1.165) is 57.0 Å². The van der Waals surface area contributed by atoms with Crippen molar-refractivity contribution in [1.82, 2.24) is 10.3 Å². The summed E-state index contributed by atoms with van der Waals surface area (Å²) >= 11 is 0. The zero-order valence-electron chi connectivity index (χ0n) is 15.6. The second-order valence-corrected chi connectivity index (χ2v) is 6.21. The summed E-state index contributed by atoms with van der Waals surface area (Å²) in [7, 11) is 2.60. The van der Waals surface area contributed by atoms with E-state index >= 15 is 0 Å². The predicted octanol–water partition coefficient (Wildman–Crippen LogP) is 1.30. The summed E-state index contributed by atoms with van der Waals surface area (Å²) in [6, 6.07) is 3.86. The van der Waals surface area contributed by atoms with Gasteiger partial charge in [0, 0.05) is 46.3 Å². The summed E-state index contributed by atoms with van der Waals surface area (Å²) in [5.74, 6) is 1.00. The minimum Gasteiger partial charge on any atom is -0.400 e. The quantitative estimate of drug-likeness (QED) is 0.642. The highest BCUT2D eigenvalue weighted by Gasteiger charge is 2.24. The maximum Gasteiger partial charge on any atom is 0.227 e. The zero-order chi connectivity index (χ0) is 19.4. The summed E-state index contributed by atoms with van der Waals surface area (Å²) in [5, 5.41) is 9.65. The Morgan fingerprint density at radius 1 is 1.35 bits per heavy atom. The van der Waals surface area contributed by atoms with Crippen LogP contribution in [0.2, 0.25) is 0 Å². The standard InChI is InChI=1S/C18H25N3O3.CH4O/c1-19-18(24)16(5-3-11-23)15-6-7-17(20-12-15)21-9-8-14(13-21)4-2-10-22;1-2/h6-7,10-12,14,16H,2-5,8-9,13H2,1H3,(H,19,24);2H,1H3. The summed E-state index contributed by atoms with van der Waals surface area (Å²) in [6.07, 6.45) is 7.02. The van der Waals surface area contributed by atoms with E-state index in [2.05, 4.69) is 15.2 Å². The van der Waals surface area contributed by atoms with Crippen molar-refractivity contribution in [2.75, 3.05) is 32.1 Å². The monoisotopic (exact) mass is 363 g/mol. The van der Waals surface area contributed by atoms with Crippen molar-refractivity contribution < 1.29 is 19.5 Å². The second kappa shape index (κ2) is 12.1. The number of aliphatic hydroxyl groups is 1. The van der Waals surface area contributed by atoms with Gasteiger partial charge in [-0.3, -0.25) is 4.79 Å². The number of anilines is 1. The van der Waals surface area contributed by atoms with Crippen LogP contribution in [0.5, 0.6) is 0 Å². The molecule has 26 heavy (non-hydrogen) atoms. The molecule has 7 heteroatoms. The fourth-order valence-electron chi connectivity index (χ4n) is 3.23. The first-order chi connectivity index (χ1) is 12.7. The second-order valence-electron chi connectivity index (χ2n) is 6.21. The average molecular weight is 363 g/mol. The lowest BCUT2D eigenvalue weighted by molar-refractivity contribution is -0.122. The lowest BCUT2D eigenvalue weighted by Crippen LogP contribution is -2.26. The van der Waals surface area contributed by atoms with Gasteiger partial charge in [-0.2, -0.15) is 0 Å². The largest absolute Gasteiger partial charge is 0.400 e. The Morgan fingerprint density at radius 3 is 2.65 bits per heavy atom. The number of rotatable bonds is 9. The van der Waals surface area contributed by atoms with Gasteiger partial charge in [0.25, 0.3) is 0 Å². The molecule has 1 fully saturated rings. The van der Waals surface area contributed by atoms with Crippen molar-refractivity contribution in [3.05, 3.63) is 23.9 Å². The number of aldehydes is 2. The molecule has 0 radical (unpaired) electrons. The normalized spacial score (nSPS) is 17.0. The molecule has 1 aromatic heterocycles. The average Bonchev–Trinajstić information content (AvgIpc) is 3.17. The molecular weight excluding hydrogens is 334 g/mol. The Kier molecular flexibility index (Phi) is 10.2. The van der Waals surface area contributed by atoms with Crippen LogP contribution in [0.1, 0.15) is 43.6 Å². The molecule has 2 unspecified atom stereocenters. The highest BCUT2D eigenvalue weighted by Crippen LogP contribution is 2.27. The smallest absolute Gasteiger partial charge is 0.227 e. The first-order valence-electron chi connectivity index (χ1n) is 8.94. The van der Waals surface area contributed by atoms with E-state index in [4.69, 9.17) is 5.11 Å². The molecule has 0 aliphatic carbocycles. The van der Waals surface area contributed by atoms with E-state index in [1.165, 1.54) is 0 Å². The third-order valence-electron chi connectivity index (χ3n) is 4.61. The molecule has 1 aliphatic heterocycles. The summed E-state index contributed by atoms with van der Waals surface area (Å²) < 4.78 is 0. The van der Waals surface area contributed by atoms with Crippen LogP contribution in [-0.4, -0.2) is 55.8 Å². The van der Waals surface area contributed by atoms with E-state index in [-0.39, 0.29) is 11.8 Å². The number of pyridine rings is 1.